The number of rotatable bonds is 12. The first kappa shape index (κ1) is 26.7. The lowest BCUT2D eigenvalue weighted by Crippen LogP contribution is -2.50. The van der Waals surface area contributed by atoms with E-state index in [2.05, 4.69) is 20.0 Å². The highest BCUT2D eigenvalue weighted by molar-refractivity contribution is 8.12. The molecule has 1 aromatic heterocycles. The lowest BCUT2D eigenvalue weighted by molar-refractivity contribution is -0.125. The molecule has 1 aliphatic rings. The van der Waals surface area contributed by atoms with Gasteiger partial charge in [0, 0.05) is 5.88 Å². The van der Waals surface area contributed by atoms with Gasteiger partial charge in [-0.25, -0.2) is 13.4 Å². The standard InChI is InChI=1S/C23H34N4O5S2/c1-3-17(21(28)23-27-18-11-7-8-12-20(18)32-23)26-22(29)19(13-16-9-5-4-6-10-16)24-14-33-15-25-34(2,30)31/h7-8,11-12,15-17,19,21,24,28H,3-6,9-10,13-14H2,1-2H3,(H,26,29)/t17?,19?,21-/m1/s1. The number of aliphatic hydroxyl groups is 1. The number of hydrogen-bond acceptors (Lipinski definition) is 8. The normalized spacial score (nSPS) is 18.2. The summed E-state index contributed by atoms with van der Waals surface area (Å²) in [6.45, 7) is 1.89. The predicted molar refractivity (Wildman–Crippen MR) is 135 cm³/mol. The molecule has 1 amide bonds. The van der Waals surface area contributed by atoms with Gasteiger partial charge in [0.05, 0.1) is 23.9 Å². The van der Waals surface area contributed by atoms with E-state index >= 15 is 0 Å². The first-order chi connectivity index (χ1) is 16.3. The number of nitrogens with one attached hydrogen (secondary N) is 2. The largest absolute Gasteiger partial charge is 0.438 e. The van der Waals surface area contributed by atoms with Gasteiger partial charge in [-0.15, -0.1) is 0 Å². The van der Waals surface area contributed by atoms with Crippen LogP contribution in [-0.2, 0) is 14.8 Å². The van der Waals surface area contributed by atoms with Crippen molar-refractivity contribution in [2.45, 2.75) is 70.1 Å². The molecule has 1 saturated carbocycles. The Kier molecular flexibility index (Phi) is 9.93. The topological polar surface area (TPSA) is 134 Å². The van der Waals surface area contributed by atoms with E-state index < -0.39 is 28.2 Å². The minimum atomic E-state index is -3.43. The number of oxazole rings is 1. The number of benzene rings is 1. The third-order valence-corrected chi connectivity index (χ3v) is 7.25. The molecule has 188 valence electrons. The van der Waals surface area contributed by atoms with E-state index in [-0.39, 0.29) is 11.8 Å². The predicted octanol–water partition coefficient (Wildman–Crippen LogP) is 3.36. The van der Waals surface area contributed by atoms with E-state index in [9.17, 15) is 18.3 Å². The number of hydrogen-bond donors (Lipinski definition) is 3. The fourth-order valence-electron chi connectivity index (χ4n) is 4.21. The van der Waals surface area contributed by atoms with Gasteiger partial charge in [0.2, 0.25) is 11.8 Å². The molecule has 3 atom stereocenters. The van der Waals surface area contributed by atoms with E-state index in [1.54, 1.807) is 6.07 Å². The van der Waals surface area contributed by atoms with Crippen LogP contribution in [-0.4, -0.2) is 54.2 Å². The zero-order chi connectivity index (χ0) is 24.6. The molecule has 0 radical (unpaired) electrons. The Morgan fingerprint density at radius 1 is 1.32 bits per heavy atom. The van der Waals surface area contributed by atoms with Crippen LogP contribution in [0.2, 0.25) is 0 Å². The quantitative estimate of drug-likeness (QED) is 0.171. The molecule has 1 aromatic carbocycles. The first-order valence-electron chi connectivity index (χ1n) is 11.7. The highest BCUT2D eigenvalue weighted by Gasteiger charge is 2.30. The van der Waals surface area contributed by atoms with Crippen molar-refractivity contribution in [3.8, 4) is 0 Å². The van der Waals surface area contributed by atoms with Gasteiger partial charge < -0.3 is 14.8 Å². The molecule has 1 aliphatic carbocycles. The number of aromatic nitrogens is 1. The van der Waals surface area contributed by atoms with Crippen molar-refractivity contribution in [1.82, 2.24) is 15.6 Å². The van der Waals surface area contributed by atoms with Crippen LogP contribution in [0.3, 0.4) is 0 Å². The maximum atomic E-state index is 13.2. The third-order valence-electron chi connectivity index (χ3n) is 6.04. The second kappa shape index (κ2) is 12.7. The Morgan fingerprint density at radius 3 is 2.74 bits per heavy atom. The molecule has 34 heavy (non-hydrogen) atoms. The van der Waals surface area contributed by atoms with E-state index in [1.165, 1.54) is 36.6 Å². The van der Waals surface area contributed by atoms with E-state index in [0.29, 0.717) is 35.7 Å². The SMILES string of the molecule is CCC(NC(=O)C(CC1CCCCC1)NCSC=NS(C)(=O)=O)[C@@H](O)c1nc2ccccc2o1. The molecule has 2 aromatic rings. The summed E-state index contributed by atoms with van der Waals surface area (Å²) in [5.74, 6) is 0.772. The van der Waals surface area contributed by atoms with E-state index in [1.807, 2.05) is 25.1 Å². The van der Waals surface area contributed by atoms with Crippen molar-refractivity contribution in [3.05, 3.63) is 30.2 Å². The molecule has 0 spiro atoms. The summed E-state index contributed by atoms with van der Waals surface area (Å²) in [6.07, 6.45) is 6.90. The van der Waals surface area contributed by atoms with Crippen LogP contribution in [0.1, 0.15) is 63.9 Å². The number of carbonyl (C=O) groups is 1. The fraction of sp³-hybridized carbons (Fsp3) is 0.609. The van der Waals surface area contributed by atoms with Gasteiger partial charge in [-0.05, 0) is 30.9 Å². The number of fused-ring (bicyclic) bond motifs is 1. The van der Waals surface area contributed by atoms with Gasteiger partial charge in [0.25, 0.3) is 10.0 Å². The minimum absolute atomic E-state index is 0.178. The van der Waals surface area contributed by atoms with Crippen LogP contribution < -0.4 is 10.6 Å². The molecule has 11 heteroatoms. The van der Waals surface area contributed by atoms with Crippen molar-refractivity contribution in [2.24, 2.45) is 10.3 Å². The zero-order valence-corrected chi connectivity index (χ0v) is 21.3. The number of nitrogens with zero attached hydrogens (tertiary/aromatic N) is 2. The molecule has 9 nitrogen and oxygen atoms in total. The number of para-hydroxylation sites is 2. The molecule has 0 aliphatic heterocycles. The molecule has 0 bridgehead atoms. The van der Waals surface area contributed by atoms with Crippen molar-refractivity contribution in [2.75, 3.05) is 12.1 Å². The molecule has 2 unspecified atom stereocenters. The van der Waals surface area contributed by atoms with Crippen LogP contribution in [0.25, 0.3) is 11.1 Å². The zero-order valence-electron chi connectivity index (χ0n) is 19.6. The maximum absolute atomic E-state index is 13.2. The smallest absolute Gasteiger partial charge is 0.250 e. The monoisotopic (exact) mass is 510 g/mol. The van der Waals surface area contributed by atoms with Gasteiger partial charge >= 0.3 is 0 Å². The Labute approximate surface area is 205 Å². The number of amides is 1. The molecule has 3 rings (SSSR count). The first-order valence-corrected chi connectivity index (χ1v) is 14.6. The van der Waals surface area contributed by atoms with Gasteiger partial charge in [-0.2, -0.15) is 4.40 Å². The number of sulfonamides is 1. The molecule has 3 N–H and O–H groups in total. The average molecular weight is 511 g/mol. The van der Waals surface area contributed by atoms with Crippen LogP contribution >= 0.6 is 11.8 Å². The van der Waals surface area contributed by atoms with E-state index in [4.69, 9.17) is 4.42 Å². The summed E-state index contributed by atoms with van der Waals surface area (Å²) in [6, 6.07) is 6.25. The Morgan fingerprint density at radius 2 is 2.06 bits per heavy atom. The van der Waals surface area contributed by atoms with Gasteiger partial charge in [0.1, 0.15) is 5.52 Å². The summed E-state index contributed by atoms with van der Waals surface area (Å²) in [7, 11) is -3.43. The molecular formula is C23H34N4O5S2. The average Bonchev–Trinajstić information content (AvgIpc) is 3.25. The second-order valence-electron chi connectivity index (χ2n) is 8.74. The van der Waals surface area contributed by atoms with Gasteiger partial charge in [-0.1, -0.05) is 62.9 Å². The van der Waals surface area contributed by atoms with Crippen molar-refractivity contribution in [3.63, 3.8) is 0 Å². The summed E-state index contributed by atoms with van der Waals surface area (Å²) in [4.78, 5) is 17.6. The number of carbonyl (C=O) groups excluding carboxylic acids is 1. The van der Waals surface area contributed by atoms with Gasteiger partial charge in [-0.3, -0.25) is 10.1 Å². The lowest BCUT2D eigenvalue weighted by Gasteiger charge is -2.28. The van der Waals surface area contributed by atoms with Crippen LogP contribution in [0, 0.1) is 5.92 Å². The molecular weight excluding hydrogens is 476 g/mol. The summed E-state index contributed by atoms with van der Waals surface area (Å²) >= 11 is 1.18. The Bertz CT molecular complexity index is 1030. The summed E-state index contributed by atoms with van der Waals surface area (Å²) in [5.41, 5.74) is 2.51. The maximum Gasteiger partial charge on any atom is 0.250 e. The highest BCUT2D eigenvalue weighted by Crippen LogP contribution is 2.28. The summed E-state index contributed by atoms with van der Waals surface area (Å²) in [5, 5.41) is 17.1. The second-order valence-corrected chi connectivity index (χ2v) is 11.2. The minimum Gasteiger partial charge on any atom is -0.438 e. The molecule has 1 fully saturated rings. The van der Waals surface area contributed by atoms with Gasteiger partial charge in [0.15, 0.2) is 11.7 Å². The van der Waals surface area contributed by atoms with Crippen molar-refractivity contribution in [1.29, 1.82) is 0 Å². The van der Waals surface area contributed by atoms with Crippen LogP contribution in [0.4, 0.5) is 0 Å². The lowest BCUT2D eigenvalue weighted by atomic mass is 9.84. The van der Waals surface area contributed by atoms with Crippen LogP contribution in [0.5, 0.6) is 0 Å². The van der Waals surface area contributed by atoms with Crippen molar-refractivity contribution >= 4 is 44.3 Å². The van der Waals surface area contributed by atoms with E-state index in [0.717, 1.165) is 19.1 Å². The number of thioether (sulfide) groups is 1. The Balaban J connectivity index is 1.65. The number of aliphatic hydroxyl groups excluding tert-OH is 1. The fourth-order valence-corrected chi connectivity index (χ4v) is 5.45. The molecule has 0 saturated heterocycles. The summed E-state index contributed by atoms with van der Waals surface area (Å²) < 4.78 is 31.5. The van der Waals surface area contributed by atoms with Crippen LogP contribution in [0.15, 0.2) is 33.1 Å². The highest BCUT2D eigenvalue weighted by atomic mass is 32.2. The van der Waals surface area contributed by atoms with Crippen molar-refractivity contribution < 1.29 is 22.7 Å². The molecule has 1 heterocycles. The Hall–Kier alpha value is -1.95. The third kappa shape index (κ3) is 8.07.